The fraction of sp³-hybridized carbons (Fsp3) is 0.714. The van der Waals surface area contributed by atoms with Crippen LogP contribution < -0.4 is 0 Å². The van der Waals surface area contributed by atoms with E-state index >= 15 is 0 Å². The van der Waals surface area contributed by atoms with E-state index in [-0.39, 0.29) is 25.6 Å². The third kappa shape index (κ3) is 34.9. The van der Waals surface area contributed by atoms with Gasteiger partial charge in [-0.1, -0.05) is 171 Å². The number of esters is 2. The molecule has 0 radical (unpaired) electrons. The molecule has 0 aromatic rings. The van der Waals surface area contributed by atoms with Gasteiger partial charge in [0.25, 0.3) is 0 Å². The first kappa shape index (κ1) is 45.6. The normalized spacial score (nSPS) is 13.5. The van der Waals surface area contributed by atoms with Crippen LogP contribution in [-0.4, -0.2) is 47.6 Å². The summed E-state index contributed by atoms with van der Waals surface area (Å²) < 4.78 is 10.5. The Morgan fingerprint density at radius 3 is 1.75 bits per heavy atom. The van der Waals surface area contributed by atoms with Gasteiger partial charge in [0.05, 0.1) is 12.7 Å². The van der Waals surface area contributed by atoms with E-state index in [1.807, 2.05) is 36.5 Å². The van der Waals surface area contributed by atoms with Crippen molar-refractivity contribution in [3.63, 3.8) is 0 Å². The fourth-order valence-corrected chi connectivity index (χ4v) is 5.20. The molecule has 0 heterocycles. The van der Waals surface area contributed by atoms with Crippen LogP contribution in [0, 0.1) is 0 Å². The van der Waals surface area contributed by atoms with E-state index in [2.05, 4.69) is 32.1 Å². The average Bonchev–Trinajstić information content (AvgIpc) is 3.08. The molecule has 2 atom stereocenters. The summed E-state index contributed by atoms with van der Waals surface area (Å²) in [7, 11) is 0. The van der Waals surface area contributed by atoms with E-state index < -0.39 is 18.2 Å². The molecule has 6 nitrogen and oxygen atoms in total. The smallest absolute Gasteiger partial charge is 0.306 e. The van der Waals surface area contributed by atoms with E-state index in [0.29, 0.717) is 19.3 Å². The summed E-state index contributed by atoms with van der Waals surface area (Å²) in [6.07, 6.45) is 44.6. The Morgan fingerprint density at radius 2 is 1.15 bits per heavy atom. The number of unbranched alkanes of at least 4 members (excludes halogenated alkanes) is 16. The van der Waals surface area contributed by atoms with Crippen LogP contribution in [0.25, 0.3) is 0 Å². The average molecular weight is 673 g/mol. The molecular weight excluding hydrogens is 600 g/mol. The van der Waals surface area contributed by atoms with Gasteiger partial charge in [0.15, 0.2) is 6.10 Å². The molecule has 0 aromatic heterocycles. The second-order valence-electron chi connectivity index (χ2n) is 12.8. The van der Waals surface area contributed by atoms with E-state index in [1.165, 1.54) is 83.5 Å². The number of carbonyl (C=O) groups excluding carboxylic acids is 2. The molecule has 1 unspecified atom stereocenters. The summed E-state index contributed by atoms with van der Waals surface area (Å²) in [5.41, 5.74) is 0. The number of carbonyl (C=O) groups is 2. The molecule has 0 amide bonds. The molecular formula is C42H72O6. The van der Waals surface area contributed by atoms with Crippen molar-refractivity contribution in [1.29, 1.82) is 0 Å². The quantitative estimate of drug-likeness (QED) is 0.0306. The van der Waals surface area contributed by atoms with Gasteiger partial charge >= 0.3 is 11.9 Å². The Balaban J connectivity index is 3.72. The van der Waals surface area contributed by atoms with E-state index in [0.717, 1.165) is 44.9 Å². The lowest BCUT2D eigenvalue weighted by atomic mass is 10.0. The maximum absolute atomic E-state index is 12.1. The highest BCUT2D eigenvalue weighted by Gasteiger charge is 2.16. The molecule has 48 heavy (non-hydrogen) atoms. The van der Waals surface area contributed by atoms with Crippen molar-refractivity contribution in [3.8, 4) is 0 Å². The number of hydrogen-bond acceptors (Lipinski definition) is 6. The summed E-state index contributed by atoms with van der Waals surface area (Å²) in [4.78, 5) is 24.2. The number of rotatable bonds is 34. The number of ether oxygens (including phenoxy) is 2. The first-order valence-electron chi connectivity index (χ1n) is 19.5. The summed E-state index contributed by atoms with van der Waals surface area (Å²) in [6.45, 7) is 3.90. The Morgan fingerprint density at radius 1 is 0.604 bits per heavy atom. The molecule has 0 aliphatic heterocycles. The van der Waals surface area contributed by atoms with Crippen molar-refractivity contribution in [2.24, 2.45) is 0 Å². The first-order valence-corrected chi connectivity index (χ1v) is 19.5. The van der Waals surface area contributed by atoms with E-state index in [4.69, 9.17) is 9.47 Å². The van der Waals surface area contributed by atoms with Gasteiger partial charge < -0.3 is 19.7 Å². The minimum absolute atomic E-state index is 0.106. The van der Waals surface area contributed by atoms with Crippen LogP contribution in [0.2, 0.25) is 0 Å². The number of aliphatic hydroxyl groups is 2. The van der Waals surface area contributed by atoms with Crippen molar-refractivity contribution < 1.29 is 29.3 Å². The molecule has 0 fully saturated rings. The molecule has 0 aliphatic carbocycles. The highest BCUT2D eigenvalue weighted by Crippen LogP contribution is 2.14. The molecule has 0 saturated carbocycles. The minimum atomic E-state index is -0.821. The Kier molecular flexibility index (Phi) is 35.5. The van der Waals surface area contributed by atoms with E-state index in [1.54, 1.807) is 6.08 Å². The van der Waals surface area contributed by atoms with Crippen molar-refractivity contribution in [3.05, 3.63) is 60.8 Å². The van der Waals surface area contributed by atoms with Gasteiger partial charge in [-0.15, -0.1) is 0 Å². The van der Waals surface area contributed by atoms with Crippen molar-refractivity contribution in [2.45, 2.75) is 180 Å². The molecule has 2 N–H and O–H groups in total. The standard InChI is InChI=1S/C42H72O6/c1-3-5-7-9-11-12-13-14-15-16-17-18-19-23-27-31-35-41(45)47-38-40(37-43)48-42(46)36-32-28-24-21-20-22-26-30-34-39(44)33-29-25-10-8-6-4-2/h6,8,21-22,24-26,29-30,34,39-40,43-44H,3-5,7,9-20,23,27-28,31-33,35-38H2,1-2H3/b8-6-,24-21-,26-22-,29-25-,34-30+/t39?,40-/m0/s1. The van der Waals surface area contributed by atoms with Gasteiger partial charge in [0.1, 0.15) is 6.61 Å². The maximum atomic E-state index is 12.1. The van der Waals surface area contributed by atoms with Gasteiger partial charge in [0, 0.05) is 12.8 Å². The molecule has 0 bridgehead atoms. The second kappa shape index (κ2) is 37.4. The summed E-state index contributed by atoms with van der Waals surface area (Å²) in [5, 5.41) is 19.5. The lowest BCUT2D eigenvalue weighted by Crippen LogP contribution is -2.28. The SMILES string of the molecule is CC/C=C\C/C=C\CC(O)/C=C/C=C\C/C=C\CCCC(=O)O[C@@H](CO)COC(=O)CCCCCCCCCCCCCCCCCC. The Hall–Kier alpha value is -2.44. The van der Waals surface area contributed by atoms with Gasteiger partial charge in [-0.05, 0) is 44.9 Å². The minimum Gasteiger partial charge on any atom is -0.462 e. The fourth-order valence-electron chi connectivity index (χ4n) is 5.20. The van der Waals surface area contributed by atoms with Crippen LogP contribution in [-0.2, 0) is 19.1 Å². The zero-order valence-electron chi connectivity index (χ0n) is 30.8. The largest absolute Gasteiger partial charge is 0.462 e. The van der Waals surface area contributed by atoms with Crippen molar-refractivity contribution >= 4 is 11.9 Å². The van der Waals surface area contributed by atoms with Crippen molar-refractivity contribution in [1.82, 2.24) is 0 Å². The summed E-state index contributed by atoms with van der Waals surface area (Å²) >= 11 is 0. The third-order valence-corrected chi connectivity index (χ3v) is 8.16. The van der Waals surface area contributed by atoms with Gasteiger partial charge in [-0.2, -0.15) is 0 Å². The number of aliphatic hydroxyl groups excluding tert-OH is 2. The summed E-state index contributed by atoms with van der Waals surface area (Å²) in [5.74, 6) is -0.698. The highest BCUT2D eigenvalue weighted by molar-refractivity contribution is 5.70. The van der Waals surface area contributed by atoms with Crippen LogP contribution in [0.1, 0.15) is 168 Å². The van der Waals surface area contributed by atoms with Crippen molar-refractivity contribution in [2.75, 3.05) is 13.2 Å². The first-order chi connectivity index (χ1) is 23.5. The molecule has 0 aromatic carbocycles. The van der Waals surface area contributed by atoms with Gasteiger partial charge in [-0.3, -0.25) is 9.59 Å². The maximum Gasteiger partial charge on any atom is 0.306 e. The second-order valence-corrected chi connectivity index (χ2v) is 12.8. The lowest BCUT2D eigenvalue weighted by Gasteiger charge is -2.15. The molecule has 0 spiro atoms. The van der Waals surface area contributed by atoms with Crippen LogP contribution in [0.5, 0.6) is 0 Å². The zero-order chi connectivity index (χ0) is 35.2. The predicted octanol–water partition coefficient (Wildman–Crippen LogP) is 11.0. The van der Waals surface area contributed by atoms with Crippen LogP contribution >= 0.6 is 0 Å². The van der Waals surface area contributed by atoms with Crippen LogP contribution in [0.3, 0.4) is 0 Å². The number of hydrogen-bond donors (Lipinski definition) is 2. The van der Waals surface area contributed by atoms with Gasteiger partial charge in [0.2, 0.25) is 0 Å². The van der Waals surface area contributed by atoms with E-state index in [9.17, 15) is 19.8 Å². The van der Waals surface area contributed by atoms with Crippen LogP contribution in [0.15, 0.2) is 60.8 Å². The molecule has 6 heteroatoms. The Bertz CT molecular complexity index is 871. The zero-order valence-corrected chi connectivity index (χ0v) is 30.8. The Labute approximate surface area is 294 Å². The van der Waals surface area contributed by atoms with Crippen LogP contribution in [0.4, 0.5) is 0 Å². The number of allylic oxidation sites excluding steroid dienone is 8. The molecule has 276 valence electrons. The molecule has 0 rings (SSSR count). The van der Waals surface area contributed by atoms with Gasteiger partial charge in [-0.25, -0.2) is 0 Å². The monoisotopic (exact) mass is 673 g/mol. The predicted molar refractivity (Wildman–Crippen MR) is 202 cm³/mol. The lowest BCUT2D eigenvalue weighted by molar-refractivity contribution is -0.161. The topological polar surface area (TPSA) is 93.1 Å². The summed E-state index contributed by atoms with van der Waals surface area (Å²) in [6, 6.07) is 0. The highest BCUT2D eigenvalue weighted by atomic mass is 16.6. The molecule has 0 aliphatic rings. The molecule has 0 saturated heterocycles. The third-order valence-electron chi connectivity index (χ3n) is 8.16.